The summed E-state index contributed by atoms with van der Waals surface area (Å²) in [5.74, 6) is 0. The maximum atomic E-state index is 12.9. The van der Waals surface area contributed by atoms with Crippen molar-refractivity contribution in [1.29, 1.82) is 0 Å². The molecule has 31 heavy (non-hydrogen) atoms. The third kappa shape index (κ3) is 3.85. The van der Waals surface area contributed by atoms with E-state index in [1.807, 2.05) is 18.2 Å². The molecule has 0 amide bonds. The van der Waals surface area contributed by atoms with Gasteiger partial charge in [-0.05, 0) is 37.2 Å². The Bertz CT molecular complexity index is 1370. The zero-order chi connectivity index (χ0) is 21.4. The number of ether oxygens (including phenoxy) is 1. The minimum Gasteiger partial charge on any atom is -0.456 e. The van der Waals surface area contributed by atoms with E-state index in [0.717, 1.165) is 50.2 Å². The lowest BCUT2D eigenvalue weighted by Gasteiger charge is -2.26. The van der Waals surface area contributed by atoms with Crippen LogP contribution in [0.25, 0.3) is 39.8 Å². The molecule has 0 saturated carbocycles. The number of morpholine rings is 1. The minimum absolute atomic E-state index is 0.189. The van der Waals surface area contributed by atoms with Crippen molar-refractivity contribution in [3.8, 4) is 11.3 Å². The highest BCUT2D eigenvalue weighted by molar-refractivity contribution is 7.89. The third-order valence-electron chi connectivity index (χ3n) is 5.67. The second-order valence-corrected chi connectivity index (χ2v) is 9.46. The van der Waals surface area contributed by atoms with Gasteiger partial charge in [-0.3, -0.25) is 10.00 Å². The molecule has 0 radical (unpaired) electrons. The van der Waals surface area contributed by atoms with Crippen LogP contribution in [0.3, 0.4) is 0 Å². The van der Waals surface area contributed by atoms with Crippen LogP contribution in [0, 0.1) is 0 Å². The highest BCUT2D eigenvalue weighted by Crippen LogP contribution is 2.36. The average molecular weight is 441 g/mol. The summed E-state index contributed by atoms with van der Waals surface area (Å²) in [5, 5.41) is 9.57. The Hall–Kier alpha value is -2.72. The van der Waals surface area contributed by atoms with E-state index >= 15 is 0 Å². The van der Waals surface area contributed by atoms with Gasteiger partial charge in [-0.15, -0.1) is 0 Å². The van der Waals surface area contributed by atoms with Gasteiger partial charge in [0.05, 0.1) is 29.0 Å². The number of benzene rings is 2. The van der Waals surface area contributed by atoms with Gasteiger partial charge < -0.3 is 9.15 Å². The van der Waals surface area contributed by atoms with Crippen LogP contribution in [-0.2, 0) is 14.8 Å². The van der Waals surface area contributed by atoms with Crippen molar-refractivity contribution in [2.45, 2.75) is 11.3 Å². The van der Waals surface area contributed by atoms with E-state index in [4.69, 9.17) is 9.15 Å². The van der Waals surface area contributed by atoms with Crippen LogP contribution in [0.2, 0.25) is 0 Å². The highest BCUT2D eigenvalue weighted by Gasteiger charge is 2.21. The summed E-state index contributed by atoms with van der Waals surface area (Å²) in [6, 6.07) is 10.6. The monoisotopic (exact) mass is 440 g/mol. The second-order valence-electron chi connectivity index (χ2n) is 7.69. The van der Waals surface area contributed by atoms with Crippen molar-refractivity contribution in [2.75, 3.05) is 39.4 Å². The highest BCUT2D eigenvalue weighted by atomic mass is 32.2. The summed E-state index contributed by atoms with van der Waals surface area (Å²) in [6.45, 7) is 8.47. The summed E-state index contributed by atoms with van der Waals surface area (Å²) < 4.78 is 39.8. The van der Waals surface area contributed by atoms with Gasteiger partial charge in [0.25, 0.3) is 0 Å². The molecule has 3 aliphatic heterocycles. The van der Waals surface area contributed by atoms with Crippen LogP contribution >= 0.6 is 0 Å². The first kappa shape index (κ1) is 20.2. The number of nitrogens with one attached hydrogen (secondary N) is 2. The molecular weight excluding hydrogens is 416 g/mol. The molecule has 0 aromatic heterocycles. The Labute approximate surface area is 179 Å². The summed E-state index contributed by atoms with van der Waals surface area (Å²) in [4.78, 5) is 2.47. The van der Waals surface area contributed by atoms with E-state index in [9.17, 15) is 8.42 Å². The van der Waals surface area contributed by atoms with Crippen LogP contribution in [0.5, 0.6) is 0 Å². The minimum atomic E-state index is -3.65. The fourth-order valence-corrected chi connectivity index (χ4v) is 5.13. The lowest BCUT2D eigenvalue weighted by Crippen LogP contribution is -2.38. The summed E-state index contributed by atoms with van der Waals surface area (Å²) in [6.07, 6.45) is 0.739. The number of aromatic amines is 1. The predicted octanol–water partition coefficient (Wildman–Crippen LogP) is 2.11. The van der Waals surface area contributed by atoms with E-state index < -0.39 is 10.0 Å². The lowest BCUT2D eigenvalue weighted by molar-refractivity contribution is 0.0376. The average Bonchev–Trinajstić information content (AvgIpc) is 2.79. The van der Waals surface area contributed by atoms with Gasteiger partial charge >= 0.3 is 0 Å². The van der Waals surface area contributed by atoms with Crippen molar-refractivity contribution in [2.24, 2.45) is 0 Å². The predicted molar refractivity (Wildman–Crippen MR) is 119 cm³/mol. The van der Waals surface area contributed by atoms with Crippen LogP contribution in [0.1, 0.15) is 6.42 Å². The number of hydrogen-bond acceptors (Lipinski definition) is 6. The van der Waals surface area contributed by atoms with E-state index in [-0.39, 0.29) is 4.90 Å². The molecule has 3 heterocycles. The van der Waals surface area contributed by atoms with E-state index in [0.29, 0.717) is 34.1 Å². The van der Waals surface area contributed by atoms with Crippen LogP contribution in [-0.4, -0.2) is 62.9 Å². The van der Waals surface area contributed by atoms with Gasteiger partial charge in [0.1, 0.15) is 16.9 Å². The first-order valence-corrected chi connectivity index (χ1v) is 11.8. The first-order valence-electron chi connectivity index (χ1n) is 10.3. The molecule has 0 unspecified atom stereocenters. The third-order valence-corrected chi connectivity index (χ3v) is 7.13. The van der Waals surface area contributed by atoms with Crippen molar-refractivity contribution in [1.82, 2.24) is 19.8 Å². The molecule has 2 aromatic rings. The normalized spacial score (nSPS) is 15.9. The summed E-state index contributed by atoms with van der Waals surface area (Å²) in [7, 11) is -3.65. The number of rotatable bonds is 6. The molecule has 0 aliphatic carbocycles. The number of H-pyrrole nitrogens is 1. The molecule has 3 aliphatic rings. The molecule has 8 nitrogen and oxygen atoms in total. The number of fused-ring (bicyclic) bond motifs is 2. The lowest BCUT2D eigenvalue weighted by atomic mass is 10.0. The standard InChI is InChI=1S/C22H24N4O4S/c1-15-17-4-2-5-20-21(17)22(25-24-15)18-14-16(6-7-19(18)30-20)31(27,28)23-8-3-9-26-10-12-29-13-11-26/h2,4-7,14,23-24H,1,3,8-13H2. The van der Waals surface area contributed by atoms with Gasteiger partial charge in [0.15, 0.2) is 0 Å². The molecule has 0 atom stereocenters. The first-order chi connectivity index (χ1) is 15.0. The second kappa shape index (κ2) is 8.08. The summed E-state index contributed by atoms with van der Waals surface area (Å²) >= 11 is 0. The van der Waals surface area contributed by atoms with Crippen molar-refractivity contribution in [3.63, 3.8) is 0 Å². The number of aromatic nitrogens is 2. The van der Waals surface area contributed by atoms with Crippen molar-refractivity contribution >= 4 is 38.5 Å². The van der Waals surface area contributed by atoms with E-state index in [1.165, 1.54) is 0 Å². The molecule has 0 spiro atoms. The molecular formula is C22H24N4O4S. The van der Waals surface area contributed by atoms with Crippen molar-refractivity contribution < 1.29 is 17.6 Å². The molecule has 2 N–H and O–H groups in total. The van der Waals surface area contributed by atoms with E-state index in [2.05, 4.69) is 26.4 Å². The number of sulfonamides is 1. The van der Waals surface area contributed by atoms with E-state index in [1.54, 1.807) is 18.2 Å². The Morgan fingerprint density at radius 1 is 1.13 bits per heavy atom. The zero-order valence-corrected chi connectivity index (χ0v) is 17.9. The largest absolute Gasteiger partial charge is 0.456 e. The molecule has 5 rings (SSSR count). The smallest absolute Gasteiger partial charge is 0.240 e. The Morgan fingerprint density at radius 2 is 1.97 bits per heavy atom. The molecule has 9 heteroatoms. The number of hydrogen-bond donors (Lipinski definition) is 2. The van der Waals surface area contributed by atoms with Crippen LogP contribution in [0.4, 0.5) is 0 Å². The van der Waals surface area contributed by atoms with Crippen LogP contribution < -0.4 is 10.1 Å². The van der Waals surface area contributed by atoms with Gasteiger partial charge in [-0.1, -0.05) is 18.7 Å². The fraction of sp³-hybridized carbons (Fsp3) is 0.318. The Balaban J connectivity index is 1.42. The molecule has 1 saturated heterocycles. The topological polar surface area (TPSA) is 100 Å². The Morgan fingerprint density at radius 3 is 2.81 bits per heavy atom. The van der Waals surface area contributed by atoms with Crippen LogP contribution in [0.15, 0.2) is 45.7 Å². The molecule has 162 valence electrons. The van der Waals surface area contributed by atoms with Gasteiger partial charge in [-0.25, -0.2) is 13.1 Å². The van der Waals surface area contributed by atoms with Gasteiger partial charge in [-0.2, -0.15) is 5.10 Å². The Kier molecular flexibility index (Phi) is 5.27. The van der Waals surface area contributed by atoms with Crippen molar-refractivity contribution in [3.05, 3.63) is 41.7 Å². The molecule has 1 fully saturated rings. The summed E-state index contributed by atoms with van der Waals surface area (Å²) in [5.41, 5.74) is 2.74. The molecule has 2 aromatic carbocycles. The zero-order valence-electron chi connectivity index (χ0n) is 17.1. The quantitative estimate of drug-likeness (QED) is 0.271. The fourth-order valence-electron chi connectivity index (χ4n) is 4.03. The maximum Gasteiger partial charge on any atom is 0.240 e. The molecule has 0 bridgehead atoms. The van der Waals surface area contributed by atoms with Gasteiger partial charge in [0, 0.05) is 30.4 Å². The number of nitrogens with zero attached hydrogens (tertiary/aromatic N) is 2. The SMILES string of the molecule is C=c1[nH]nc2c3cc(S(=O)(=O)NCCCN4CCOCC4)ccc3oc3cccc1c3-2. The maximum absolute atomic E-state index is 12.9. The van der Waals surface area contributed by atoms with Gasteiger partial charge in [0.2, 0.25) is 10.0 Å².